The van der Waals surface area contributed by atoms with Gasteiger partial charge in [-0.05, 0) is 44.5 Å². The van der Waals surface area contributed by atoms with Gasteiger partial charge in [-0.2, -0.15) is 0 Å². The molecule has 2 aromatic rings. The molecule has 0 spiro atoms. The number of benzene rings is 1. The molecule has 2 heterocycles. The molecule has 3 rings (SSSR count). The van der Waals surface area contributed by atoms with Crippen LogP contribution >= 0.6 is 11.6 Å². The van der Waals surface area contributed by atoms with Crippen LogP contribution in [-0.4, -0.2) is 59.3 Å². The minimum Gasteiger partial charge on any atom is -0.396 e. The lowest BCUT2D eigenvalue weighted by atomic mass is 10.0. The fourth-order valence-corrected chi connectivity index (χ4v) is 3.46. The number of piperidine rings is 1. The first-order valence-corrected chi connectivity index (χ1v) is 8.53. The monoisotopic (exact) mass is 334 g/mol. The second-order valence-corrected chi connectivity index (χ2v) is 6.57. The molecule has 1 N–H and O–H groups in total. The van der Waals surface area contributed by atoms with Crippen LogP contribution < -0.4 is 4.90 Å². The van der Waals surface area contributed by atoms with Gasteiger partial charge < -0.3 is 14.9 Å². The van der Waals surface area contributed by atoms with Crippen LogP contribution in [0.4, 0.5) is 5.82 Å². The van der Waals surface area contributed by atoms with E-state index in [2.05, 4.69) is 26.8 Å². The molecular weight excluding hydrogens is 312 g/mol. The van der Waals surface area contributed by atoms with Crippen LogP contribution in [0, 0.1) is 0 Å². The van der Waals surface area contributed by atoms with Crippen molar-refractivity contribution in [1.82, 2.24) is 14.9 Å². The molecule has 0 amide bonds. The first-order chi connectivity index (χ1) is 11.2. The summed E-state index contributed by atoms with van der Waals surface area (Å²) in [7, 11) is 2.15. The molecule has 1 fully saturated rings. The molecule has 1 aromatic carbocycles. The normalized spacial score (nSPS) is 16.4. The molecule has 5 nitrogen and oxygen atoms in total. The van der Waals surface area contributed by atoms with Gasteiger partial charge in [0, 0.05) is 42.7 Å². The predicted octanol–water partition coefficient (Wildman–Crippen LogP) is 2.57. The maximum atomic E-state index is 8.97. The van der Waals surface area contributed by atoms with Crippen molar-refractivity contribution in [2.75, 3.05) is 38.2 Å². The fourth-order valence-electron chi connectivity index (χ4n) is 3.29. The summed E-state index contributed by atoms with van der Waals surface area (Å²) in [6.45, 7) is 3.19. The minimum absolute atomic E-state index is 0.263. The van der Waals surface area contributed by atoms with Crippen molar-refractivity contribution in [3.63, 3.8) is 0 Å². The van der Waals surface area contributed by atoms with Gasteiger partial charge in [-0.15, -0.1) is 0 Å². The van der Waals surface area contributed by atoms with Crippen LogP contribution in [0.15, 0.2) is 24.5 Å². The van der Waals surface area contributed by atoms with Crippen LogP contribution in [0.5, 0.6) is 0 Å². The highest BCUT2D eigenvalue weighted by Crippen LogP contribution is 2.28. The number of aliphatic hydroxyl groups excluding tert-OH is 1. The van der Waals surface area contributed by atoms with Gasteiger partial charge in [0.25, 0.3) is 0 Å². The number of anilines is 1. The van der Waals surface area contributed by atoms with E-state index in [0.29, 0.717) is 11.1 Å². The molecule has 6 heteroatoms. The first-order valence-electron chi connectivity index (χ1n) is 8.15. The summed E-state index contributed by atoms with van der Waals surface area (Å²) in [5, 5.41) is 10.7. The van der Waals surface area contributed by atoms with Gasteiger partial charge >= 0.3 is 0 Å². The maximum Gasteiger partial charge on any atom is 0.139 e. The number of hydrogen-bond donors (Lipinski definition) is 1. The van der Waals surface area contributed by atoms with Crippen LogP contribution in [0.25, 0.3) is 10.9 Å². The predicted molar refractivity (Wildman–Crippen MR) is 94.1 cm³/mol. The van der Waals surface area contributed by atoms with Gasteiger partial charge in [-0.25, -0.2) is 9.97 Å². The van der Waals surface area contributed by atoms with Gasteiger partial charge in [0.05, 0.1) is 5.52 Å². The third kappa shape index (κ3) is 3.74. The van der Waals surface area contributed by atoms with Crippen molar-refractivity contribution in [3.05, 3.63) is 29.5 Å². The Hall–Kier alpha value is -1.43. The second-order valence-electron chi connectivity index (χ2n) is 6.13. The van der Waals surface area contributed by atoms with Crippen LogP contribution in [0.1, 0.15) is 19.3 Å². The number of aromatic nitrogens is 2. The number of hydrogen-bond acceptors (Lipinski definition) is 5. The summed E-state index contributed by atoms with van der Waals surface area (Å²) in [6, 6.07) is 6.37. The van der Waals surface area contributed by atoms with Crippen molar-refractivity contribution in [2.24, 2.45) is 0 Å². The Balaban J connectivity index is 1.70. The Morgan fingerprint density at radius 3 is 2.83 bits per heavy atom. The second kappa shape index (κ2) is 7.43. The van der Waals surface area contributed by atoms with Gasteiger partial charge in [0.15, 0.2) is 0 Å². The lowest BCUT2D eigenvalue weighted by molar-refractivity contribution is 0.184. The van der Waals surface area contributed by atoms with E-state index in [-0.39, 0.29) is 6.61 Å². The van der Waals surface area contributed by atoms with Gasteiger partial charge in [-0.1, -0.05) is 11.6 Å². The number of nitrogens with zero attached hydrogens (tertiary/aromatic N) is 4. The van der Waals surface area contributed by atoms with Crippen molar-refractivity contribution in [3.8, 4) is 0 Å². The summed E-state index contributed by atoms with van der Waals surface area (Å²) >= 11 is 6.06. The molecule has 1 aliphatic rings. The minimum atomic E-state index is 0.263. The summed E-state index contributed by atoms with van der Waals surface area (Å²) < 4.78 is 0. The van der Waals surface area contributed by atoms with Crippen molar-refractivity contribution >= 4 is 28.3 Å². The molecule has 0 unspecified atom stereocenters. The highest BCUT2D eigenvalue weighted by molar-refractivity contribution is 6.31. The molecule has 0 bridgehead atoms. The number of halogens is 1. The molecule has 124 valence electrons. The van der Waals surface area contributed by atoms with E-state index in [4.69, 9.17) is 16.7 Å². The Kier molecular flexibility index (Phi) is 5.30. The maximum absolute atomic E-state index is 8.97. The van der Waals surface area contributed by atoms with Gasteiger partial charge in [0.2, 0.25) is 0 Å². The Morgan fingerprint density at radius 2 is 2.09 bits per heavy atom. The van der Waals surface area contributed by atoms with E-state index in [0.717, 1.165) is 55.6 Å². The van der Waals surface area contributed by atoms with E-state index < -0.39 is 0 Å². The SMILES string of the molecule is CN(CCCO)C1CCN(c2ncnc3cc(Cl)ccc23)CC1. The number of fused-ring (bicyclic) bond motifs is 1. The van der Waals surface area contributed by atoms with Gasteiger partial charge in [0.1, 0.15) is 12.1 Å². The lowest BCUT2D eigenvalue weighted by Crippen LogP contribution is -2.44. The number of rotatable bonds is 5. The lowest BCUT2D eigenvalue weighted by Gasteiger charge is -2.37. The van der Waals surface area contributed by atoms with E-state index in [1.165, 1.54) is 0 Å². The van der Waals surface area contributed by atoms with Crippen molar-refractivity contribution < 1.29 is 5.11 Å². The third-order valence-corrected chi connectivity index (χ3v) is 4.87. The Bertz CT molecular complexity index is 658. The summed E-state index contributed by atoms with van der Waals surface area (Å²) in [5.74, 6) is 1.00. The molecule has 0 radical (unpaired) electrons. The first kappa shape index (κ1) is 16.4. The standard InChI is InChI=1S/C17H23ClN4O/c1-21(7-2-10-23)14-5-8-22(9-6-14)17-15-4-3-13(18)11-16(15)19-12-20-17/h3-4,11-12,14,23H,2,5-10H2,1H3. The average Bonchev–Trinajstić information content (AvgIpc) is 2.59. The van der Waals surface area contributed by atoms with Crippen molar-refractivity contribution in [2.45, 2.75) is 25.3 Å². The summed E-state index contributed by atoms with van der Waals surface area (Å²) in [5.41, 5.74) is 0.893. The fraction of sp³-hybridized carbons (Fsp3) is 0.529. The zero-order chi connectivity index (χ0) is 16.2. The number of aliphatic hydroxyl groups is 1. The molecule has 1 aromatic heterocycles. The zero-order valence-electron chi connectivity index (χ0n) is 13.5. The van der Waals surface area contributed by atoms with E-state index >= 15 is 0 Å². The van der Waals surface area contributed by atoms with Gasteiger partial charge in [-0.3, -0.25) is 0 Å². The molecule has 0 atom stereocenters. The van der Waals surface area contributed by atoms with E-state index in [1.54, 1.807) is 6.33 Å². The summed E-state index contributed by atoms with van der Waals surface area (Å²) in [6.07, 6.45) is 4.68. The average molecular weight is 335 g/mol. The molecule has 23 heavy (non-hydrogen) atoms. The molecule has 0 aliphatic carbocycles. The topological polar surface area (TPSA) is 52.5 Å². The Morgan fingerprint density at radius 1 is 1.30 bits per heavy atom. The zero-order valence-corrected chi connectivity index (χ0v) is 14.2. The molecular formula is C17H23ClN4O. The highest BCUT2D eigenvalue weighted by Gasteiger charge is 2.24. The summed E-state index contributed by atoms with van der Waals surface area (Å²) in [4.78, 5) is 13.5. The van der Waals surface area contributed by atoms with Crippen LogP contribution in [0.2, 0.25) is 5.02 Å². The van der Waals surface area contributed by atoms with Crippen molar-refractivity contribution in [1.29, 1.82) is 0 Å². The smallest absolute Gasteiger partial charge is 0.139 e. The third-order valence-electron chi connectivity index (χ3n) is 4.63. The van der Waals surface area contributed by atoms with E-state index in [9.17, 15) is 0 Å². The van der Waals surface area contributed by atoms with Crippen LogP contribution in [-0.2, 0) is 0 Å². The molecule has 0 saturated carbocycles. The van der Waals surface area contributed by atoms with E-state index in [1.807, 2.05) is 18.2 Å². The largest absolute Gasteiger partial charge is 0.396 e. The van der Waals surface area contributed by atoms with Crippen LogP contribution in [0.3, 0.4) is 0 Å². The molecule has 1 saturated heterocycles. The molecule has 1 aliphatic heterocycles. The highest BCUT2D eigenvalue weighted by atomic mass is 35.5. The Labute approximate surface area is 141 Å². The quantitative estimate of drug-likeness (QED) is 0.910.